The monoisotopic (exact) mass is 296 g/mol. The average Bonchev–Trinajstić information content (AvgIpc) is 2.41. The highest BCUT2D eigenvalue weighted by Crippen LogP contribution is 2.34. The number of hydrogen-bond acceptors (Lipinski definition) is 3. The molecule has 5 nitrogen and oxygen atoms in total. The van der Waals surface area contributed by atoms with Crippen molar-refractivity contribution >= 4 is 34.8 Å². The molecular formula is C14H17ClN2O3. The highest BCUT2D eigenvalue weighted by molar-refractivity contribution is 6.29. The van der Waals surface area contributed by atoms with E-state index in [1.165, 1.54) is 0 Å². The Balaban J connectivity index is 2.26. The van der Waals surface area contributed by atoms with E-state index in [4.69, 9.17) is 16.3 Å². The van der Waals surface area contributed by atoms with E-state index >= 15 is 0 Å². The quantitative estimate of drug-likeness (QED) is 0.867. The molecule has 0 aliphatic carbocycles. The Kier molecular flexibility index (Phi) is 4.49. The molecule has 0 radical (unpaired) electrons. The third-order valence-corrected chi connectivity index (χ3v) is 3.10. The van der Waals surface area contributed by atoms with Crippen molar-refractivity contribution in [3.63, 3.8) is 0 Å². The molecule has 1 aliphatic rings. The minimum Gasteiger partial charge on any atom is -0.481 e. The number of halogens is 1. The molecule has 6 heteroatoms. The van der Waals surface area contributed by atoms with E-state index in [-0.39, 0.29) is 24.3 Å². The Morgan fingerprint density at radius 3 is 2.90 bits per heavy atom. The van der Waals surface area contributed by atoms with Gasteiger partial charge in [0.15, 0.2) is 6.61 Å². The fraction of sp³-hybridized carbons (Fsp3) is 0.429. The van der Waals surface area contributed by atoms with Crippen molar-refractivity contribution in [3.05, 3.63) is 18.2 Å². The number of ether oxygens (including phenoxy) is 1. The van der Waals surface area contributed by atoms with Crippen LogP contribution in [0.5, 0.6) is 5.75 Å². The number of benzene rings is 1. The number of anilines is 2. The zero-order valence-electron chi connectivity index (χ0n) is 11.5. The fourth-order valence-electron chi connectivity index (χ4n) is 2.04. The summed E-state index contributed by atoms with van der Waals surface area (Å²) in [6.07, 6.45) is 0. The largest absolute Gasteiger partial charge is 0.481 e. The van der Waals surface area contributed by atoms with Crippen LogP contribution in [0.25, 0.3) is 0 Å². The number of nitrogens with zero attached hydrogens (tertiary/aromatic N) is 1. The molecule has 0 fully saturated rings. The molecule has 0 unspecified atom stereocenters. The molecule has 0 atom stereocenters. The minimum absolute atomic E-state index is 0.0205. The van der Waals surface area contributed by atoms with Crippen LogP contribution >= 0.6 is 11.6 Å². The molecule has 0 bridgehead atoms. The molecule has 2 amide bonds. The Bertz CT molecular complexity index is 531. The van der Waals surface area contributed by atoms with E-state index in [9.17, 15) is 9.59 Å². The van der Waals surface area contributed by atoms with Gasteiger partial charge in [0.2, 0.25) is 5.91 Å². The lowest BCUT2D eigenvalue weighted by molar-refractivity contribution is -0.121. The van der Waals surface area contributed by atoms with Crippen LogP contribution in [-0.4, -0.2) is 30.8 Å². The van der Waals surface area contributed by atoms with Crippen molar-refractivity contribution in [2.45, 2.75) is 13.8 Å². The predicted octanol–water partition coefficient (Wildman–Crippen LogP) is 2.25. The standard InChI is InChI=1S/C14H17ClN2O3/c1-9(2)7-17-11-4-3-10(16-13(18)6-15)5-12(11)20-8-14(17)19/h3-5,9H,6-8H2,1-2H3,(H,16,18). The average molecular weight is 297 g/mol. The fourth-order valence-corrected chi connectivity index (χ4v) is 2.11. The van der Waals surface area contributed by atoms with Crippen LogP contribution in [0.3, 0.4) is 0 Å². The van der Waals surface area contributed by atoms with E-state index in [1.54, 1.807) is 23.1 Å². The highest BCUT2D eigenvalue weighted by Gasteiger charge is 2.26. The third-order valence-electron chi connectivity index (χ3n) is 2.86. The summed E-state index contributed by atoms with van der Waals surface area (Å²) in [5.41, 5.74) is 1.34. The normalized spacial score (nSPS) is 14.0. The van der Waals surface area contributed by atoms with Gasteiger partial charge in [-0.05, 0) is 18.1 Å². The Labute approximate surface area is 122 Å². The summed E-state index contributed by atoms with van der Waals surface area (Å²) in [4.78, 5) is 24.9. The molecule has 1 N–H and O–H groups in total. The SMILES string of the molecule is CC(C)CN1C(=O)COc2cc(NC(=O)CCl)ccc21. The molecule has 2 rings (SSSR count). The lowest BCUT2D eigenvalue weighted by Gasteiger charge is -2.30. The van der Waals surface area contributed by atoms with Crippen LogP contribution in [0.1, 0.15) is 13.8 Å². The molecule has 108 valence electrons. The molecule has 1 aliphatic heterocycles. The van der Waals surface area contributed by atoms with Crippen LogP contribution in [0.4, 0.5) is 11.4 Å². The van der Waals surface area contributed by atoms with Gasteiger partial charge >= 0.3 is 0 Å². The number of fused-ring (bicyclic) bond motifs is 1. The number of alkyl halides is 1. The van der Waals surface area contributed by atoms with Gasteiger partial charge in [-0.25, -0.2) is 0 Å². The summed E-state index contributed by atoms with van der Waals surface area (Å²) in [5.74, 6) is 0.523. The lowest BCUT2D eigenvalue weighted by atomic mass is 10.1. The van der Waals surface area contributed by atoms with E-state index in [0.29, 0.717) is 23.9 Å². The van der Waals surface area contributed by atoms with Crippen molar-refractivity contribution in [1.82, 2.24) is 0 Å². The zero-order valence-corrected chi connectivity index (χ0v) is 12.2. The van der Waals surface area contributed by atoms with Crippen LogP contribution in [-0.2, 0) is 9.59 Å². The lowest BCUT2D eigenvalue weighted by Crippen LogP contribution is -2.40. The van der Waals surface area contributed by atoms with Gasteiger partial charge < -0.3 is 15.0 Å². The molecule has 0 saturated carbocycles. The van der Waals surface area contributed by atoms with Crippen molar-refractivity contribution < 1.29 is 14.3 Å². The van der Waals surface area contributed by atoms with E-state index in [2.05, 4.69) is 19.2 Å². The molecule has 0 spiro atoms. The van der Waals surface area contributed by atoms with Gasteiger partial charge in [0.05, 0.1) is 5.69 Å². The van der Waals surface area contributed by atoms with Crippen molar-refractivity contribution in [2.24, 2.45) is 5.92 Å². The molecule has 1 aromatic rings. The third kappa shape index (κ3) is 3.22. The maximum absolute atomic E-state index is 11.9. The van der Waals surface area contributed by atoms with E-state index in [1.807, 2.05) is 0 Å². The van der Waals surface area contributed by atoms with Crippen LogP contribution in [0.15, 0.2) is 18.2 Å². The van der Waals surface area contributed by atoms with Gasteiger partial charge in [-0.15, -0.1) is 11.6 Å². The Morgan fingerprint density at radius 2 is 2.25 bits per heavy atom. The zero-order chi connectivity index (χ0) is 14.7. The number of amides is 2. The number of rotatable bonds is 4. The minimum atomic E-state index is -0.280. The highest BCUT2D eigenvalue weighted by atomic mass is 35.5. The smallest absolute Gasteiger partial charge is 0.265 e. The summed E-state index contributed by atoms with van der Waals surface area (Å²) < 4.78 is 5.43. The topological polar surface area (TPSA) is 58.6 Å². The summed E-state index contributed by atoms with van der Waals surface area (Å²) >= 11 is 5.45. The first-order valence-corrected chi connectivity index (χ1v) is 6.97. The van der Waals surface area contributed by atoms with E-state index in [0.717, 1.165) is 5.69 Å². The maximum atomic E-state index is 11.9. The predicted molar refractivity (Wildman–Crippen MR) is 78.5 cm³/mol. The summed E-state index contributed by atoms with van der Waals surface area (Å²) in [5, 5.41) is 2.65. The number of carbonyl (C=O) groups excluding carboxylic acids is 2. The van der Waals surface area contributed by atoms with Crippen LogP contribution < -0.4 is 15.0 Å². The first-order chi connectivity index (χ1) is 9.51. The first-order valence-electron chi connectivity index (χ1n) is 6.44. The van der Waals surface area contributed by atoms with Crippen molar-refractivity contribution in [2.75, 3.05) is 29.2 Å². The van der Waals surface area contributed by atoms with Gasteiger partial charge in [0.25, 0.3) is 5.91 Å². The second-order valence-electron chi connectivity index (χ2n) is 5.05. The van der Waals surface area contributed by atoms with Gasteiger partial charge in [0.1, 0.15) is 11.6 Å². The molecule has 20 heavy (non-hydrogen) atoms. The van der Waals surface area contributed by atoms with Crippen LogP contribution in [0, 0.1) is 5.92 Å². The number of nitrogens with one attached hydrogen (secondary N) is 1. The molecule has 0 aromatic heterocycles. The number of hydrogen-bond donors (Lipinski definition) is 1. The van der Waals surface area contributed by atoms with Gasteiger partial charge in [-0.1, -0.05) is 13.8 Å². The van der Waals surface area contributed by atoms with Crippen molar-refractivity contribution in [3.8, 4) is 5.75 Å². The van der Waals surface area contributed by atoms with Crippen molar-refractivity contribution in [1.29, 1.82) is 0 Å². The Morgan fingerprint density at radius 1 is 1.50 bits per heavy atom. The summed E-state index contributed by atoms with van der Waals surface area (Å²) in [7, 11) is 0. The van der Waals surface area contributed by atoms with Gasteiger partial charge in [-0.3, -0.25) is 9.59 Å². The maximum Gasteiger partial charge on any atom is 0.265 e. The first kappa shape index (κ1) is 14.7. The summed E-state index contributed by atoms with van der Waals surface area (Å²) in [6, 6.07) is 5.22. The van der Waals surface area contributed by atoms with E-state index < -0.39 is 0 Å². The second kappa shape index (κ2) is 6.13. The molecule has 0 saturated heterocycles. The van der Waals surface area contributed by atoms with Gasteiger partial charge in [-0.2, -0.15) is 0 Å². The molecule has 1 aromatic carbocycles. The van der Waals surface area contributed by atoms with Crippen LogP contribution in [0.2, 0.25) is 0 Å². The number of carbonyl (C=O) groups is 2. The summed E-state index contributed by atoms with van der Waals surface area (Å²) in [6.45, 7) is 4.77. The van der Waals surface area contributed by atoms with Gasteiger partial charge in [0, 0.05) is 18.3 Å². The molecular weight excluding hydrogens is 280 g/mol. The second-order valence-corrected chi connectivity index (χ2v) is 5.32. The molecule has 1 heterocycles. The Hall–Kier alpha value is -1.75.